The summed E-state index contributed by atoms with van der Waals surface area (Å²) < 4.78 is 13.2. The molecule has 0 unspecified atom stereocenters. The van der Waals surface area contributed by atoms with Crippen LogP contribution in [0.15, 0.2) is 24.3 Å². The van der Waals surface area contributed by atoms with Crippen LogP contribution in [0.5, 0.6) is 0 Å². The number of aliphatic hydroxyl groups excluding tert-OH is 1. The molecule has 1 heterocycles. The summed E-state index contributed by atoms with van der Waals surface area (Å²) >= 11 is 0. The van der Waals surface area contributed by atoms with Gasteiger partial charge in [0.15, 0.2) is 0 Å². The molecular weight excluding hydrogens is 275 g/mol. The van der Waals surface area contributed by atoms with Gasteiger partial charge in [0, 0.05) is 0 Å². The van der Waals surface area contributed by atoms with Gasteiger partial charge in [-0.05, 0) is 30.5 Å². The second-order valence-corrected chi connectivity index (χ2v) is 5.77. The Balaban J connectivity index is 2.16. The van der Waals surface area contributed by atoms with Crippen LogP contribution in [0, 0.1) is 11.7 Å². The maximum Gasteiger partial charge on any atom is 0.325 e. The SMILES string of the molecule is CC(C)[C@@]1(C)NC(=O)N(C[C@H](O)c2cccc(F)c2)C1=O. The predicted octanol–water partition coefficient (Wildman–Crippen LogP) is 1.83. The lowest BCUT2D eigenvalue weighted by atomic mass is 9.88. The second kappa shape index (κ2) is 5.44. The van der Waals surface area contributed by atoms with E-state index >= 15 is 0 Å². The van der Waals surface area contributed by atoms with Gasteiger partial charge in [-0.3, -0.25) is 9.69 Å². The minimum Gasteiger partial charge on any atom is -0.387 e. The zero-order valence-corrected chi connectivity index (χ0v) is 12.3. The van der Waals surface area contributed by atoms with Gasteiger partial charge in [0.05, 0.1) is 12.6 Å². The molecule has 1 aliphatic rings. The van der Waals surface area contributed by atoms with E-state index in [-0.39, 0.29) is 18.4 Å². The Hall–Kier alpha value is -1.95. The van der Waals surface area contributed by atoms with Crippen LogP contribution in [-0.2, 0) is 4.79 Å². The van der Waals surface area contributed by atoms with Crippen LogP contribution in [0.2, 0.25) is 0 Å². The normalized spacial score (nSPS) is 23.6. The van der Waals surface area contributed by atoms with Crippen LogP contribution in [0.25, 0.3) is 0 Å². The molecule has 0 bridgehead atoms. The number of rotatable bonds is 4. The Bertz CT molecular complexity index is 576. The lowest BCUT2D eigenvalue weighted by molar-refractivity contribution is -0.133. The zero-order chi connectivity index (χ0) is 15.8. The fourth-order valence-electron chi connectivity index (χ4n) is 2.26. The average molecular weight is 294 g/mol. The fourth-order valence-corrected chi connectivity index (χ4v) is 2.26. The van der Waals surface area contributed by atoms with Crippen molar-refractivity contribution < 1.29 is 19.1 Å². The van der Waals surface area contributed by atoms with Crippen LogP contribution < -0.4 is 5.32 Å². The van der Waals surface area contributed by atoms with Crippen LogP contribution in [0.1, 0.15) is 32.4 Å². The minimum absolute atomic E-state index is 0.0785. The number of carbonyl (C=O) groups excluding carboxylic acids is 2. The van der Waals surface area contributed by atoms with Gasteiger partial charge in [-0.1, -0.05) is 26.0 Å². The molecule has 1 fully saturated rings. The van der Waals surface area contributed by atoms with Crippen LogP contribution >= 0.6 is 0 Å². The smallest absolute Gasteiger partial charge is 0.325 e. The number of halogens is 1. The molecule has 21 heavy (non-hydrogen) atoms. The number of β-amino-alcohol motifs (C(OH)–C–C–N with tert-alkyl or cyclic N) is 1. The van der Waals surface area contributed by atoms with Gasteiger partial charge in [-0.2, -0.15) is 0 Å². The zero-order valence-electron chi connectivity index (χ0n) is 12.3. The molecule has 5 nitrogen and oxygen atoms in total. The fraction of sp³-hybridized carbons (Fsp3) is 0.467. The van der Waals surface area contributed by atoms with E-state index < -0.39 is 23.5 Å². The highest BCUT2D eigenvalue weighted by Crippen LogP contribution is 2.27. The molecule has 2 atom stereocenters. The van der Waals surface area contributed by atoms with Gasteiger partial charge in [-0.25, -0.2) is 9.18 Å². The maximum atomic E-state index is 13.2. The summed E-state index contributed by atoms with van der Waals surface area (Å²) in [5.41, 5.74) is -0.646. The Morgan fingerprint density at radius 2 is 2.05 bits per heavy atom. The third kappa shape index (κ3) is 2.76. The Morgan fingerprint density at radius 3 is 2.57 bits per heavy atom. The summed E-state index contributed by atoms with van der Waals surface area (Å²) in [4.78, 5) is 25.3. The first-order chi connectivity index (χ1) is 9.75. The van der Waals surface area contributed by atoms with Crippen molar-refractivity contribution in [3.05, 3.63) is 35.6 Å². The van der Waals surface area contributed by atoms with Crippen molar-refractivity contribution >= 4 is 11.9 Å². The Labute approximate surface area is 122 Å². The maximum absolute atomic E-state index is 13.2. The number of carbonyl (C=O) groups is 2. The van der Waals surface area contributed by atoms with Gasteiger partial charge in [0.2, 0.25) is 0 Å². The highest BCUT2D eigenvalue weighted by atomic mass is 19.1. The van der Waals surface area contributed by atoms with Crippen LogP contribution in [0.3, 0.4) is 0 Å². The standard InChI is InChI=1S/C15H19FN2O3/c1-9(2)15(3)13(20)18(14(21)17-15)8-12(19)10-5-4-6-11(16)7-10/h4-7,9,12,19H,8H2,1-3H3,(H,17,21)/t12-,15+/m0/s1. The lowest BCUT2D eigenvalue weighted by Gasteiger charge is -2.26. The van der Waals surface area contributed by atoms with Gasteiger partial charge in [0.1, 0.15) is 11.4 Å². The van der Waals surface area contributed by atoms with Gasteiger partial charge in [-0.15, -0.1) is 0 Å². The van der Waals surface area contributed by atoms with Gasteiger partial charge >= 0.3 is 6.03 Å². The molecule has 114 valence electrons. The number of imide groups is 1. The summed E-state index contributed by atoms with van der Waals surface area (Å²) in [6.07, 6.45) is -1.12. The van der Waals surface area contributed by atoms with E-state index in [1.807, 2.05) is 13.8 Å². The van der Waals surface area contributed by atoms with Crippen molar-refractivity contribution in [3.8, 4) is 0 Å². The van der Waals surface area contributed by atoms with Crippen molar-refractivity contribution in [1.29, 1.82) is 0 Å². The van der Waals surface area contributed by atoms with Crippen LogP contribution in [-0.4, -0.2) is 34.0 Å². The molecule has 1 aromatic carbocycles. The highest BCUT2D eigenvalue weighted by molar-refractivity contribution is 6.07. The van der Waals surface area contributed by atoms with Crippen molar-refractivity contribution in [1.82, 2.24) is 10.2 Å². The van der Waals surface area contributed by atoms with E-state index in [9.17, 15) is 19.1 Å². The minimum atomic E-state index is -1.12. The molecule has 0 aromatic heterocycles. The molecule has 2 rings (SSSR count). The summed E-state index contributed by atoms with van der Waals surface area (Å²) in [7, 11) is 0. The first-order valence-electron chi connectivity index (χ1n) is 6.83. The molecule has 2 N–H and O–H groups in total. The molecule has 1 saturated heterocycles. The molecule has 0 spiro atoms. The number of aliphatic hydroxyl groups is 1. The third-order valence-electron chi connectivity index (χ3n) is 4.04. The first kappa shape index (κ1) is 15.4. The Kier molecular flexibility index (Phi) is 4.00. The number of nitrogens with one attached hydrogen (secondary N) is 1. The number of amides is 3. The van der Waals surface area contributed by atoms with E-state index in [1.54, 1.807) is 13.0 Å². The van der Waals surface area contributed by atoms with Crippen LogP contribution in [0.4, 0.5) is 9.18 Å². The van der Waals surface area contributed by atoms with Crippen molar-refractivity contribution in [3.63, 3.8) is 0 Å². The molecule has 0 aliphatic carbocycles. The van der Waals surface area contributed by atoms with Gasteiger partial charge < -0.3 is 10.4 Å². The predicted molar refractivity (Wildman–Crippen MR) is 74.8 cm³/mol. The van der Waals surface area contributed by atoms with E-state index in [1.165, 1.54) is 18.2 Å². The summed E-state index contributed by atoms with van der Waals surface area (Å²) in [6, 6.07) is 4.93. The molecular formula is C15H19FN2O3. The second-order valence-electron chi connectivity index (χ2n) is 5.77. The number of benzene rings is 1. The monoisotopic (exact) mass is 294 g/mol. The number of urea groups is 1. The molecule has 3 amide bonds. The quantitative estimate of drug-likeness (QED) is 0.832. The number of hydrogen-bond donors (Lipinski definition) is 2. The topological polar surface area (TPSA) is 69.6 Å². The van der Waals surface area contributed by atoms with Crippen molar-refractivity contribution in [2.24, 2.45) is 5.92 Å². The molecule has 0 saturated carbocycles. The summed E-state index contributed by atoms with van der Waals surface area (Å²) in [5.74, 6) is -0.931. The Morgan fingerprint density at radius 1 is 1.38 bits per heavy atom. The van der Waals surface area contributed by atoms with Crippen molar-refractivity contribution in [2.75, 3.05) is 6.54 Å². The van der Waals surface area contributed by atoms with Crippen molar-refractivity contribution in [2.45, 2.75) is 32.4 Å². The summed E-state index contributed by atoms with van der Waals surface area (Å²) in [6.45, 7) is 5.14. The molecule has 1 aliphatic heterocycles. The molecule has 1 aromatic rings. The largest absolute Gasteiger partial charge is 0.387 e. The van der Waals surface area contributed by atoms with E-state index in [0.717, 1.165) is 4.90 Å². The number of nitrogens with zero attached hydrogens (tertiary/aromatic N) is 1. The first-order valence-corrected chi connectivity index (χ1v) is 6.83. The highest BCUT2D eigenvalue weighted by Gasteiger charge is 2.49. The van der Waals surface area contributed by atoms with E-state index in [4.69, 9.17) is 0 Å². The van der Waals surface area contributed by atoms with Gasteiger partial charge in [0.25, 0.3) is 5.91 Å². The average Bonchev–Trinajstić information content (AvgIpc) is 2.63. The lowest BCUT2D eigenvalue weighted by Crippen LogP contribution is -2.48. The number of hydrogen-bond acceptors (Lipinski definition) is 3. The van der Waals surface area contributed by atoms with E-state index in [0.29, 0.717) is 5.56 Å². The summed E-state index contributed by atoms with van der Waals surface area (Å²) in [5, 5.41) is 12.8. The molecule has 0 radical (unpaired) electrons. The third-order valence-corrected chi connectivity index (χ3v) is 4.04. The molecule has 6 heteroatoms. The van der Waals surface area contributed by atoms with E-state index in [2.05, 4.69) is 5.32 Å².